The summed E-state index contributed by atoms with van der Waals surface area (Å²) in [5, 5.41) is 7.65. The van der Waals surface area contributed by atoms with Crippen molar-refractivity contribution in [2.45, 2.75) is 50.7 Å². The van der Waals surface area contributed by atoms with Gasteiger partial charge in [-0.25, -0.2) is 9.07 Å². The fourth-order valence-electron chi connectivity index (χ4n) is 4.75. The maximum atomic E-state index is 14.4. The number of hydrogen-bond donors (Lipinski definition) is 1. The van der Waals surface area contributed by atoms with Crippen LogP contribution in [-0.2, 0) is 19.4 Å². The van der Waals surface area contributed by atoms with Crippen LogP contribution in [0, 0.1) is 5.82 Å². The van der Waals surface area contributed by atoms with Crippen LogP contribution in [0.3, 0.4) is 0 Å². The number of carbonyl (C=O) groups is 1. The summed E-state index contributed by atoms with van der Waals surface area (Å²) in [4.78, 5) is 27.4. The monoisotopic (exact) mass is 382 g/mol. The number of likely N-dealkylation sites (tertiary alicyclic amines) is 1. The van der Waals surface area contributed by atoms with Crippen molar-refractivity contribution in [3.05, 3.63) is 62.8 Å². The Balaban J connectivity index is 1.42. The summed E-state index contributed by atoms with van der Waals surface area (Å²) in [7, 11) is 0. The lowest BCUT2D eigenvalue weighted by Crippen LogP contribution is -2.46. The van der Waals surface area contributed by atoms with Crippen LogP contribution in [0.1, 0.15) is 46.3 Å². The fourth-order valence-corrected chi connectivity index (χ4v) is 4.75. The molecule has 2 aliphatic heterocycles. The van der Waals surface area contributed by atoms with Gasteiger partial charge in [-0.05, 0) is 55.4 Å². The Labute approximate surface area is 162 Å². The molecule has 2 atom stereocenters. The van der Waals surface area contributed by atoms with Crippen LogP contribution in [0.5, 0.6) is 0 Å². The van der Waals surface area contributed by atoms with Crippen LogP contribution in [0.2, 0.25) is 0 Å². The second-order valence-electron chi connectivity index (χ2n) is 8.08. The molecule has 3 heterocycles. The number of piperazine rings is 1. The topological polar surface area (TPSA) is 67.2 Å². The van der Waals surface area contributed by atoms with Crippen molar-refractivity contribution < 1.29 is 9.18 Å². The first-order valence-electron chi connectivity index (χ1n) is 10.0. The van der Waals surface area contributed by atoms with E-state index in [9.17, 15) is 14.0 Å². The molecule has 7 heteroatoms. The normalized spacial score (nSPS) is 23.1. The largest absolute Gasteiger partial charge is 0.333 e. The Morgan fingerprint density at radius 2 is 2.14 bits per heavy atom. The van der Waals surface area contributed by atoms with Gasteiger partial charge < -0.3 is 10.2 Å². The molecule has 6 nitrogen and oxygen atoms in total. The lowest BCUT2D eigenvalue weighted by Gasteiger charge is -2.27. The first-order chi connectivity index (χ1) is 13.6. The molecule has 5 rings (SSSR count). The van der Waals surface area contributed by atoms with Gasteiger partial charge in [-0.2, -0.15) is 5.10 Å². The van der Waals surface area contributed by atoms with E-state index in [-0.39, 0.29) is 29.6 Å². The quantitative estimate of drug-likeness (QED) is 0.874. The minimum Gasteiger partial charge on any atom is -0.333 e. The molecule has 2 aromatic rings. The van der Waals surface area contributed by atoms with Gasteiger partial charge in [0.2, 0.25) is 0 Å². The highest BCUT2D eigenvalue weighted by Crippen LogP contribution is 2.26. The zero-order valence-corrected chi connectivity index (χ0v) is 15.7. The molecule has 146 valence electrons. The van der Waals surface area contributed by atoms with Crippen molar-refractivity contribution in [2.75, 3.05) is 13.1 Å². The van der Waals surface area contributed by atoms with E-state index in [0.29, 0.717) is 18.2 Å². The number of nitrogens with one attached hydrogen (secondary N) is 1. The molecule has 0 radical (unpaired) electrons. The van der Waals surface area contributed by atoms with Crippen molar-refractivity contribution >= 4 is 5.91 Å². The van der Waals surface area contributed by atoms with Crippen molar-refractivity contribution in [1.29, 1.82) is 0 Å². The van der Waals surface area contributed by atoms with Gasteiger partial charge in [0.1, 0.15) is 5.82 Å². The number of rotatable bonds is 3. The molecule has 1 N–H and O–H groups in total. The average molecular weight is 382 g/mol. The number of halogens is 1. The lowest BCUT2D eigenvalue weighted by atomic mass is 9.94. The Morgan fingerprint density at radius 1 is 1.29 bits per heavy atom. The third-order valence-electron chi connectivity index (χ3n) is 6.27. The SMILES string of the molecule is O=C(c1cc(Cn2ncc3c(c2=O)CCCC3)ccc1F)N1C[C@@H]2C[C@H]1CN2. The molecule has 0 saturated carbocycles. The van der Waals surface area contributed by atoms with Crippen LogP contribution < -0.4 is 10.9 Å². The number of carbonyl (C=O) groups excluding carboxylic acids is 1. The van der Waals surface area contributed by atoms with E-state index >= 15 is 0 Å². The van der Waals surface area contributed by atoms with Gasteiger partial charge in [0.25, 0.3) is 11.5 Å². The smallest absolute Gasteiger partial charge is 0.270 e. The van der Waals surface area contributed by atoms with E-state index in [4.69, 9.17) is 0 Å². The molecule has 3 aliphatic rings. The van der Waals surface area contributed by atoms with Gasteiger partial charge in [-0.3, -0.25) is 9.59 Å². The molecule has 28 heavy (non-hydrogen) atoms. The number of aromatic nitrogens is 2. The van der Waals surface area contributed by atoms with Crippen LogP contribution in [0.15, 0.2) is 29.2 Å². The maximum Gasteiger partial charge on any atom is 0.270 e. The molecule has 1 aromatic carbocycles. The highest BCUT2D eigenvalue weighted by atomic mass is 19.1. The van der Waals surface area contributed by atoms with Crippen molar-refractivity contribution in [1.82, 2.24) is 20.0 Å². The number of aryl methyl sites for hydroxylation is 1. The van der Waals surface area contributed by atoms with Gasteiger partial charge in [0, 0.05) is 30.7 Å². The summed E-state index contributed by atoms with van der Waals surface area (Å²) in [5.74, 6) is -0.783. The molecule has 0 spiro atoms. The van der Waals surface area contributed by atoms with Crippen LogP contribution in [0.25, 0.3) is 0 Å². The van der Waals surface area contributed by atoms with Crippen LogP contribution >= 0.6 is 0 Å². The third kappa shape index (κ3) is 2.94. The molecule has 1 aliphatic carbocycles. The minimum absolute atomic E-state index is 0.0719. The molecular formula is C21H23FN4O2. The van der Waals surface area contributed by atoms with Gasteiger partial charge in [0.15, 0.2) is 0 Å². The first-order valence-corrected chi connectivity index (χ1v) is 10.0. The summed E-state index contributed by atoms with van der Waals surface area (Å²) in [5.41, 5.74) is 2.60. The van der Waals surface area contributed by atoms with Crippen molar-refractivity contribution in [2.24, 2.45) is 0 Å². The van der Waals surface area contributed by atoms with E-state index in [2.05, 4.69) is 10.4 Å². The van der Waals surface area contributed by atoms with Gasteiger partial charge in [0.05, 0.1) is 18.3 Å². The summed E-state index contributed by atoms with van der Waals surface area (Å²) in [6, 6.07) is 4.98. The number of nitrogens with zero attached hydrogens (tertiary/aromatic N) is 3. The summed E-state index contributed by atoms with van der Waals surface area (Å²) < 4.78 is 15.8. The number of fused-ring (bicyclic) bond motifs is 3. The average Bonchev–Trinajstić information content (AvgIpc) is 3.35. The van der Waals surface area contributed by atoms with E-state index < -0.39 is 5.82 Å². The number of benzene rings is 1. The summed E-state index contributed by atoms with van der Waals surface area (Å²) in [6.07, 6.45) is 6.51. The third-order valence-corrected chi connectivity index (χ3v) is 6.27. The minimum atomic E-state index is -0.518. The highest BCUT2D eigenvalue weighted by molar-refractivity contribution is 5.95. The Bertz CT molecular complexity index is 1000. The van der Waals surface area contributed by atoms with Gasteiger partial charge in [-0.15, -0.1) is 0 Å². The maximum absolute atomic E-state index is 14.4. The standard InChI is InChI=1S/C21H23FN4O2/c22-19-6-5-13(7-18(19)20(27)25-12-15-8-16(25)10-23-15)11-26-21(28)17-4-2-1-3-14(17)9-24-26/h5-7,9,15-16,23H,1-4,8,10-12H2/t15-,16-/m0/s1. The fraction of sp³-hybridized carbons (Fsp3) is 0.476. The second-order valence-corrected chi connectivity index (χ2v) is 8.08. The van der Waals surface area contributed by atoms with Crippen molar-refractivity contribution in [3.63, 3.8) is 0 Å². The van der Waals surface area contributed by atoms with E-state index in [1.54, 1.807) is 23.2 Å². The second kappa shape index (κ2) is 6.81. The van der Waals surface area contributed by atoms with Gasteiger partial charge in [-0.1, -0.05) is 6.07 Å². The zero-order chi connectivity index (χ0) is 19.3. The van der Waals surface area contributed by atoms with Crippen LogP contribution in [-0.4, -0.2) is 45.8 Å². The van der Waals surface area contributed by atoms with E-state index in [1.807, 2.05) is 0 Å². The summed E-state index contributed by atoms with van der Waals surface area (Å²) in [6.45, 7) is 1.63. The Hall–Kier alpha value is -2.54. The van der Waals surface area contributed by atoms with Crippen molar-refractivity contribution in [3.8, 4) is 0 Å². The zero-order valence-electron chi connectivity index (χ0n) is 15.7. The molecule has 0 unspecified atom stereocenters. The van der Waals surface area contributed by atoms with Gasteiger partial charge >= 0.3 is 0 Å². The predicted octanol–water partition coefficient (Wildman–Crippen LogP) is 1.50. The lowest BCUT2D eigenvalue weighted by molar-refractivity contribution is 0.0711. The molecule has 2 saturated heterocycles. The molecule has 1 amide bonds. The summed E-state index contributed by atoms with van der Waals surface area (Å²) >= 11 is 0. The Kier molecular flexibility index (Phi) is 4.27. The van der Waals surface area contributed by atoms with E-state index in [1.165, 1.54) is 10.7 Å². The van der Waals surface area contributed by atoms with E-state index in [0.717, 1.165) is 49.8 Å². The molecule has 2 bridgehead atoms. The molecular weight excluding hydrogens is 359 g/mol. The highest BCUT2D eigenvalue weighted by Gasteiger charge is 2.40. The molecule has 2 fully saturated rings. The number of amides is 1. The van der Waals surface area contributed by atoms with Crippen LogP contribution in [0.4, 0.5) is 4.39 Å². The Morgan fingerprint density at radius 3 is 2.93 bits per heavy atom. The first kappa shape index (κ1) is 17.6. The predicted molar refractivity (Wildman–Crippen MR) is 102 cm³/mol. The number of hydrogen-bond acceptors (Lipinski definition) is 4. The molecule has 1 aromatic heterocycles.